The lowest BCUT2D eigenvalue weighted by atomic mass is 10.2. The van der Waals surface area contributed by atoms with Gasteiger partial charge in [-0.15, -0.1) is 0 Å². The Bertz CT molecular complexity index is 1620. The number of morpholine rings is 1. The third kappa shape index (κ3) is 5.19. The van der Waals surface area contributed by atoms with E-state index in [1.54, 1.807) is 24.3 Å². The van der Waals surface area contributed by atoms with E-state index in [9.17, 15) is 17.2 Å². The Labute approximate surface area is 235 Å². The summed E-state index contributed by atoms with van der Waals surface area (Å²) < 4.78 is 73.9. The molecule has 2 aromatic carbocycles. The summed E-state index contributed by atoms with van der Waals surface area (Å²) in [6.45, 7) is 2.59. The quantitative estimate of drug-likeness (QED) is 0.300. The van der Waals surface area contributed by atoms with Crippen LogP contribution in [0.4, 0.5) is 14.5 Å². The second-order valence-corrected chi connectivity index (χ2v) is 11.2. The van der Waals surface area contributed by atoms with Gasteiger partial charge >= 0.3 is 0 Å². The first-order valence-electron chi connectivity index (χ1n) is 12.4. The highest BCUT2D eigenvalue weighted by molar-refractivity contribution is 7.90. The predicted octanol–water partition coefficient (Wildman–Crippen LogP) is 4.67. The van der Waals surface area contributed by atoms with E-state index in [-0.39, 0.29) is 33.6 Å². The molecule has 1 aliphatic rings. The van der Waals surface area contributed by atoms with E-state index in [0.717, 1.165) is 6.07 Å². The van der Waals surface area contributed by atoms with Crippen molar-refractivity contribution in [3.8, 4) is 11.5 Å². The Kier molecular flexibility index (Phi) is 8.13. The van der Waals surface area contributed by atoms with E-state index in [2.05, 4.69) is 15.2 Å². The maximum absolute atomic E-state index is 14.9. The van der Waals surface area contributed by atoms with Gasteiger partial charge < -0.3 is 19.5 Å². The van der Waals surface area contributed by atoms with Crippen LogP contribution in [0.1, 0.15) is 11.3 Å². The molecule has 13 heteroatoms. The minimum Gasteiger partial charge on any atom is -0.493 e. The number of aromatic nitrogens is 2. The molecule has 0 bridgehead atoms. The first-order chi connectivity index (χ1) is 19.3. The molecule has 0 atom stereocenters. The minimum absolute atomic E-state index is 0.109. The van der Waals surface area contributed by atoms with Gasteiger partial charge in [-0.1, -0.05) is 29.8 Å². The van der Waals surface area contributed by atoms with Crippen LogP contribution in [-0.4, -0.2) is 62.8 Å². The highest BCUT2D eigenvalue weighted by Gasteiger charge is 2.27. The lowest BCUT2D eigenvalue weighted by molar-refractivity contribution is 0.0336. The molecule has 40 heavy (non-hydrogen) atoms. The maximum atomic E-state index is 14.9. The number of nitrogens with one attached hydrogen (secondary N) is 1. The monoisotopic (exact) mass is 592 g/mol. The molecule has 0 spiro atoms. The van der Waals surface area contributed by atoms with Gasteiger partial charge in [0.1, 0.15) is 5.69 Å². The molecule has 0 unspecified atom stereocenters. The molecule has 9 nitrogen and oxygen atoms in total. The van der Waals surface area contributed by atoms with E-state index in [0.29, 0.717) is 49.5 Å². The van der Waals surface area contributed by atoms with Crippen LogP contribution in [0.15, 0.2) is 53.6 Å². The molecule has 0 aliphatic carbocycles. The Morgan fingerprint density at radius 2 is 1.70 bits per heavy atom. The van der Waals surface area contributed by atoms with Crippen LogP contribution < -0.4 is 14.8 Å². The average molecular weight is 593 g/mol. The normalized spacial score (nSPS) is 14.4. The Morgan fingerprint density at radius 1 is 1.05 bits per heavy atom. The van der Waals surface area contributed by atoms with Crippen LogP contribution in [0.3, 0.4) is 0 Å². The van der Waals surface area contributed by atoms with Crippen LogP contribution in [0.25, 0.3) is 11.0 Å². The van der Waals surface area contributed by atoms with Gasteiger partial charge in [-0.2, -0.15) is 0 Å². The molecule has 1 N–H and O–H groups in total. The molecule has 0 amide bonds. The van der Waals surface area contributed by atoms with Crippen LogP contribution in [-0.2, 0) is 27.8 Å². The minimum atomic E-state index is -4.02. The van der Waals surface area contributed by atoms with Crippen molar-refractivity contribution < 1.29 is 31.4 Å². The number of rotatable bonds is 9. The van der Waals surface area contributed by atoms with Crippen molar-refractivity contribution in [1.29, 1.82) is 0 Å². The fourth-order valence-corrected chi connectivity index (χ4v) is 6.36. The smallest absolute Gasteiger partial charge is 0.269 e. The third-order valence-corrected chi connectivity index (χ3v) is 8.87. The summed E-state index contributed by atoms with van der Waals surface area (Å²) in [5.41, 5.74) is 0.586. The number of anilines is 1. The van der Waals surface area contributed by atoms with Crippen LogP contribution in [0.2, 0.25) is 5.02 Å². The molecule has 212 valence electrons. The van der Waals surface area contributed by atoms with Gasteiger partial charge in [0.15, 0.2) is 28.8 Å². The lowest BCUT2D eigenvalue weighted by Crippen LogP contribution is -2.36. The van der Waals surface area contributed by atoms with Crippen molar-refractivity contribution >= 4 is 38.3 Å². The van der Waals surface area contributed by atoms with Gasteiger partial charge in [-0.05, 0) is 18.2 Å². The van der Waals surface area contributed by atoms with Gasteiger partial charge in [0.2, 0.25) is 0 Å². The molecule has 0 radical (unpaired) electrons. The largest absolute Gasteiger partial charge is 0.493 e. The van der Waals surface area contributed by atoms with Crippen molar-refractivity contribution in [2.45, 2.75) is 18.0 Å². The van der Waals surface area contributed by atoms with Crippen LogP contribution in [0, 0.1) is 11.6 Å². The summed E-state index contributed by atoms with van der Waals surface area (Å²) in [6.07, 6.45) is 1.39. The second kappa shape index (κ2) is 11.6. The lowest BCUT2D eigenvalue weighted by Gasteiger charge is -2.26. The number of benzene rings is 2. The van der Waals surface area contributed by atoms with Crippen molar-refractivity contribution in [2.24, 2.45) is 0 Å². The van der Waals surface area contributed by atoms with E-state index < -0.39 is 27.3 Å². The number of fused-ring (bicyclic) bond motifs is 1. The Balaban J connectivity index is 1.56. The van der Waals surface area contributed by atoms with Gasteiger partial charge in [-0.3, -0.25) is 4.90 Å². The summed E-state index contributed by atoms with van der Waals surface area (Å²) in [4.78, 5) is 6.65. The number of ether oxygens (including phenoxy) is 3. The zero-order valence-electron chi connectivity index (χ0n) is 21.8. The number of nitrogens with zero attached hydrogens (tertiary/aromatic N) is 3. The SMILES string of the molecule is COc1cc(OC)c(F)c(NCc2cnc3c(cc(CN4CCOCC4)n3S(=O)(=O)c3ccccc3)c2Cl)c1F. The van der Waals surface area contributed by atoms with Gasteiger partial charge in [-0.25, -0.2) is 26.2 Å². The maximum Gasteiger partial charge on any atom is 0.269 e. The first kappa shape index (κ1) is 28.1. The zero-order valence-corrected chi connectivity index (χ0v) is 23.4. The van der Waals surface area contributed by atoms with Crippen LogP contribution >= 0.6 is 11.6 Å². The van der Waals surface area contributed by atoms with E-state index >= 15 is 0 Å². The number of hydrogen-bond donors (Lipinski definition) is 1. The molecular weight excluding hydrogens is 566 g/mol. The topological polar surface area (TPSA) is 94.9 Å². The Morgan fingerprint density at radius 3 is 2.33 bits per heavy atom. The highest BCUT2D eigenvalue weighted by Crippen LogP contribution is 2.36. The zero-order chi connectivity index (χ0) is 28.4. The second-order valence-electron chi connectivity index (χ2n) is 9.08. The van der Waals surface area contributed by atoms with Crippen molar-refractivity contribution in [3.63, 3.8) is 0 Å². The molecule has 0 saturated carbocycles. The van der Waals surface area contributed by atoms with Gasteiger partial charge in [0.05, 0.1) is 43.0 Å². The Hall–Kier alpha value is -3.45. The molecule has 3 heterocycles. The summed E-state index contributed by atoms with van der Waals surface area (Å²) in [6, 6.07) is 10.9. The summed E-state index contributed by atoms with van der Waals surface area (Å²) in [5.74, 6) is -2.26. The van der Waals surface area contributed by atoms with E-state index in [1.165, 1.54) is 36.5 Å². The highest BCUT2D eigenvalue weighted by atomic mass is 35.5. The van der Waals surface area contributed by atoms with Gasteiger partial charge in [0, 0.05) is 49.4 Å². The molecule has 5 rings (SSSR count). The molecule has 1 saturated heterocycles. The average Bonchev–Trinajstić information content (AvgIpc) is 3.34. The summed E-state index contributed by atoms with van der Waals surface area (Å²) >= 11 is 6.77. The first-order valence-corrected chi connectivity index (χ1v) is 14.2. The summed E-state index contributed by atoms with van der Waals surface area (Å²) in [5, 5.41) is 3.32. The van der Waals surface area contributed by atoms with Crippen molar-refractivity contribution in [2.75, 3.05) is 45.8 Å². The fraction of sp³-hybridized carbons (Fsp3) is 0.296. The molecule has 1 aliphatic heterocycles. The molecule has 1 fully saturated rings. The fourth-order valence-electron chi connectivity index (χ4n) is 4.60. The predicted molar refractivity (Wildman–Crippen MR) is 147 cm³/mol. The molecule has 2 aromatic heterocycles. The van der Waals surface area contributed by atoms with E-state index in [4.69, 9.17) is 25.8 Å². The van der Waals surface area contributed by atoms with Crippen molar-refractivity contribution in [1.82, 2.24) is 13.9 Å². The standard InChI is InChI=1S/C27H27ClF2N4O5S/c1-37-21-13-22(38-2)25(30)26(24(21)29)31-14-17-15-32-27-20(23(17)28)12-18(16-33-8-10-39-11-9-33)34(27)40(35,36)19-6-4-3-5-7-19/h3-7,12-13,15,31H,8-11,14,16H2,1-2H3. The summed E-state index contributed by atoms with van der Waals surface area (Å²) in [7, 11) is -1.50. The van der Waals surface area contributed by atoms with E-state index in [1.807, 2.05) is 0 Å². The third-order valence-electron chi connectivity index (χ3n) is 6.67. The number of methoxy groups -OCH3 is 2. The molecular formula is C27H27ClF2N4O5S. The van der Waals surface area contributed by atoms with Crippen LogP contribution in [0.5, 0.6) is 11.5 Å². The molecule has 4 aromatic rings. The number of pyridine rings is 1. The number of halogens is 3. The van der Waals surface area contributed by atoms with Crippen molar-refractivity contribution in [3.05, 3.63) is 76.6 Å². The number of hydrogen-bond acceptors (Lipinski definition) is 8. The van der Waals surface area contributed by atoms with Gasteiger partial charge in [0.25, 0.3) is 10.0 Å².